The molecule has 0 fully saturated rings. The normalized spacial score (nSPS) is 10.3. The minimum absolute atomic E-state index is 0.0960. The predicted molar refractivity (Wildman–Crippen MR) is 83.1 cm³/mol. The van der Waals surface area contributed by atoms with Gasteiger partial charge in [0, 0.05) is 10.9 Å². The van der Waals surface area contributed by atoms with E-state index in [9.17, 15) is 9.59 Å². The van der Waals surface area contributed by atoms with Crippen molar-refractivity contribution in [2.24, 2.45) is 0 Å². The van der Waals surface area contributed by atoms with Gasteiger partial charge >= 0.3 is 5.97 Å². The van der Waals surface area contributed by atoms with E-state index in [0.29, 0.717) is 16.6 Å². The summed E-state index contributed by atoms with van der Waals surface area (Å²) in [6.45, 7) is 2.15. The number of nitrogens with one attached hydrogen (secondary N) is 1. The Balaban J connectivity index is 2.51. The molecule has 0 aromatic heterocycles. The zero-order valence-corrected chi connectivity index (χ0v) is 13.2. The lowest BCUT2D eigenvalue weighted by atomic mass is 10.1. The molecule has 110 valence electrons. The van der Waals surface area contributed by atoms with E-state index in [-0.39, 0.29) is 11.5 Å². The number of anilines is 1. The standard InChI is InChI=1S/C15H20BrNO3/c1-2-3-4-5-6-7-14(18)17-13-9-8-11(16)10-12(13)15(19)20/h8-10H,2-7H2,1H3,(H,17,18)(H,19,20). The molecule has 0 heterocycles. The Morgan fingerprint density at radius 1 is 1.20 bits per heavy atom. The number of rotatable bonds is 8. The number of hydrogen-bond acceptors (Lipinski definition) is 2. The topological polar surface area (TPSA) is 66.4 Å². The van der Waals surface area contributed by atoms with Gasteiger partial charge in [-0.3, -0.25) is 4.79 Å². The number of hydrogen-bond donors (Lipinski definition) is 2. The Kier molecular flexibility index (Phi) is 7.30. The van der Waals surface area contributed by atoms with Crippen LogP contribution in [-0.4, -0.2) is 17.0 Å². The number of halogens is 1. The number of carbonyl (C=O) groups excluding carboxylic acids is 1. The Labute approximate surface area is 127 Å². The van der Waals surface area contributed by atoms with Gasteiger partial charge in [-0.2, -0.15) is 0 Å². The Morgan fingerprint density at radius 3 is 2.55 bits per heavy atom. The highest BCUT2D eigenvalue weighted by atomic mass is 79.9. The first-order valence-electron chi connectivity index (χ1n) is 6.87. The maximum Gasteiger partial charge on any atom is 0.337 e. The maximum atomic E-state index is 11.8. The van der Waals surface area contributed by atoms with Gasteiger partial charge in [-0.15, -0.1) is 0 Å². The molecule has 0 spiro atoms. The summed E-state index contributed by atoms with van der Waals surface area (Å²) in [5.41, 5.74) is 0.443. The molecule has 2 N–H and O–H groups in total. The van der Waals surface area contributed by atoms with Crippen LogP contribution in [0.4, 0.5) is 5.69 Å². The lowest BCUT2D eigenvalue weighted by molar-refractivity contribution is -0.116. The fourth-order valence-corrected chi connectivity index (χ4v) is 2.27. The molecule has 1 rings (SSSR count). The van der Waals surface area contributed by atoms with Crippen LogP contribution in [-0.2, 0) is 4.79 Å². The molecule has 1 aromatic rings. The van der Waals surface area contributed by atoms with Crippen LogP contribution in [0.25, 0.3) is 0 Å². The molecule has 0 saturated heterocycles. The van der Waals surface area contributed by atoms with Crippen molar-refractivity contribution in [1.29, 1.82) is 0 Å². The van der Waals surface area contributed by atoms with Crippen molar-refractivity contribution in [3.63, 3.8) is 0 Å². The van der Waals surface area contributed by atoms with Crippen molar-refractivity contribution in [1.82, 2.24) is 0 Å². The fourth-order valence-electron chi connectivity index (χ4n) is 1.90. The van der Waals surface area contributed by atoms with Crippen molar-refractivity contribution in [3.8, 4) is 0 Å². The number of carboxylic acid groups (broad SMARTS) is 1. The molecule has 20 heavy (non-hydrogen) atoms. The lowest BCUT2D eigenvalue weighted by Gasteiger charge is -2.09. The van der Waals surface area contributed by atoms with E-state index >= 15 is 0 Å². The number of aromatic carboxylic acids is 1. The molecule has 0 atom stereocenters. The molecule has 0 aliphatic heterocycles. The minimum atomic E-state index is -1.05. The van der Waals surface area contributed by atoms with Crippen LogP contribution < -0.4 is 5.32 Å². The van der Waals surface area contributed by atoms with Gasteiger partial charge in [0.15, 0.2) is 0 Å². The first-order valence-corrected chi connectivity index (χ1v) is 7.66. The fraction of sp³-hybridized carbons (Fsp3) is 0.467. The number of carbonyl (C=O) groups is 2. The third kappa shape index (κ3) is 5.74. The molecular formula is C15H20BrNO3. The molecule has 1 amide bonds. The maximum absolute atomic E-state index is 11.8. The Morgan fingerprint density at radius 2 is 1.90 bits per heavy atom. The smallest absolute Gasteiger partial charge is 0.337 e. The highest BCUT2D eigenvalue weighted by Gasteiger charge is 2.12. The van der Waals surface area contributed by atoms with Crippen molar-refractivity contribution >= 4 is 33.5 Å². The van der Waals surface area contributed by atoms with E-state index in [0.717, 1.165) is 19.3 Å². The highest BCUT2D eigenvalue weighted by molar-refractivity contribution is 9.10. The van der Waals surface area contributed by atoms with Gasteiger partial charge in [0.1, 0.15) is 0 Å². The van der Waals surface area contributed by atoms with Crippen molar-refractivity contribution < 1.29 is 14.7 Å². The van der Waals surface area contributed by atoms with Crippen LogP contribution in [0.1, 0.15) is 55.8 Å². The summed E-state index contributed by atoms with van der Waals surface area (Å²) in [6.07, 6.45) is 5.81. The van der Waals surface area contributed by atoms with Gasteiger partial charge in [0.25, 0.3) is 0 Å². The molecular weight excluding hydrogens is 322 g/mol. The first-order chi connectivity index (χ1) is 9.54. The number of unbranched alkanes of at least 4 members (excludes halogenated alkanes) is 4. The van der Waals surface area contributed by atoms with Crippen LogP contribution >= 0.6 is 15.9 Å². The van der Waals surface area contributed by atoms with Gasteiger partial charge in [0.2, 0.25) is 5.91 Å². The van der Waals surface area contributed by atoms with E-state index in [4.69, 9.17) is 5.11 Å². The van der Waals surface area contributed by atoms with Gasteiger partial charge < -0.3 is 10.4 Å². The molecule has 4 nitrogen and oxygen atoms in total. The van der Waals surface area contributed by atoms with E-state index in [1.807, 2.05) is 0 Å². The minimum Gasteiger partial charge on any atom is -0.478 e. The molecule has 0 bridgehead atoms. The molecule has 0 radical (unpaired) electrons. The van der Waals surface area contributed by atoms with Crippen molar-refractivity contribution in [3.05, 3.63) is 28.2 Å². The zero-order valence-electron chi connectivity index (χ0n) is 11.6. The average molecular weight is 342 g/mol. The first kappa shape index (κ1) is 16.7. The molecule has 0 aliphatic carbocycles. The molecule has 0 aliphatic rings. The molecule has 0 unspecified atom stereocenters. The van der Waals surface area contributed by atoms with Crippen LogP contribution in [0.15, 0.2) is 22.7 Å². The van der Waals surface area contributed by atoms with Crippen molar-refractivity contribution in [2.75, 3.05) is 5.32 Å². The van der Waals surface area contributed by atoms with Crippen LogP contribution in [0, 0.1) is 0 Å². The second-order valence-corrected chi connectivity index (χ2v) is 5.62. The van der Waals surface area contributed by atoms with Crippen LogP contribution in [0.3, 0.4) is 0 Å². The summed E-state index contributed by atoms with van der Waals surface area (Å²) in [4.78, 5) is 22.9. The third-order valence-corrected chi connectivity index (χ3v) is 3.49. The summed E-state index contributed by atoms with van der Waals surface area (Å²) < 4.78 is 0.674. The predicted octanol–water partition coefficient (Wildman–Crippen LogP) is 4.45. The molecule has 1 aromatic carbocycles. The highest BCUT2D eigenvalue weighted by Crippen LogP contribution is 2.21. The number of carboxylic acids is 1. The van der Waals surface area contributed by atoms with Crippen LogP contribution in [0.5, 0.6) is 0 Å². The SMILES string of the molecule is CCCCCCCC(=O)Nc1ccc(Br)cc1C(=O)O. The van der Waals surface area contributed by atoms with Gasteiger partial charge in [0.05, 0.1) is 11.3 Å². The summed E-state index contributed by atoms with van der Waals surface area (Å²) in [5.74, 6) is -1.18. The zero-order chi connectivity index (χ0) is 15.0. The monoisotopic (exact) mass is 341 g/mol. The summed E-state index contributed by atoms with van der Waals surface area (Å²) in [6, 6.07) is 4.80. The van der Waals surface area contributed by atoms with E-state index in [1.54, 1.807) is 12.1 Å². The van der Waals surface area contributed by atoms with E-state index in [2.05, 4.69) is 28.2 Å². The lowest BCUT2D eigenvalue weighted by Crippen LogP contribution is -2.14. The second kappa shape index (κ2) is 8.74. The van der Waals surface area contributed by atoms with Gasteiger partial charge in [-0.25, -0.2) is 4.79 Å². The number of amides is 1. The summed E-state index contributed by atoms with van der Waals surface area (Å²) >= 11 is 3.22. The quantitative estimate of drug-likeness (QED) is 0.686. The molecule has 0 saturated carbocycles. The van der Waals surface area contributed by atoms with Crippen molar-refractivity contribution in [2.45, 2.75) is 45.4 Å². The average Bonchev–Trinajstić information content (AvgIpc) is 2.40. The Hall–Kier alpha value is -1.36. The van der Waals surface area contributed by atoms with Gasteiger partial charge in [-0.05, 0) is 24.6 Å². The summed E-state index contributed by atoms with van der Waals surface area (Å²) in [5, 5.41) is 11.8. The molecule has 5 heteroatoms. The largest absolute Gasteiger partial charge is 0.478 e. The number of benzene rings is 1. The second-order valence-electron chi connectivity index (χ2n) is 4.71. The van der Waals surface area contributed by atoms with E-state index in [1.165, 1.54) is 18.9 Å². The summed E-state index contributed by atoms with van der Waals surface area (Å²) in [7, 11) is 0. The third-order valence-electron chi connectivity index (χ3n) is 2.99. The Bertz CT molecular complexity index is 474. The van der Waals surface area contributed by atoms with Crippen LogP contribution in [0.2, 0.25) is 0 Å². The van der Waals surface area contributed by atoms with Gasteiger partial charge in [-0.1, -0.05) is 48.5 Å². The van der Waals surface area contributed by atoms with E-state index < -0.39 is 5.97 Å².